The molecule has 2 aromatic rings. The van der Waals surface area contributed by atoms with Crippen LogP contribution in [0.2, 0.25) is 0 Å². The Kier molecular flexibility index (Phi) is 5.61. The summed E-state index contributed by atoms with van der Waals surface area (Å²) in [6.45, 7) is -0.289. The second kappa shape index (κ2) is 8.56. The Balaban J connectivity index is 1.07. The molecule has 32 heavy (non-hydrogen) atoms. The largest absolute Gasteiger partial charge is 0.497 e. The first-order chi connectivity index (χ1) is 15.5. The summed E-state index contributed by atoms with van der Waals surface area (Å²) in [5, 5.41) is 6.66. The molecule has 4 fully saturated rings. The minimum Gasteiger partial charge on any atom is -0.497 e. The lowest BCUT2D eigenvalue weighted by Crippen LogP contribution is -2.48. The molecule has 4 saturated carbocycles. The normalized spacial score (nSPS) is 27.8. The van der Waals surface area contributed by atoms with E-state index >= 15 is 0 Å². The zero-order chi connectivity index (χ0) is 22.1. The van der Waals surface area contributed by atoms with E-state index in [1.54, 1.807) is 13.2 Å². The van der Waals surface area contributed by atoms with Gasteiger partial charge in [0.25, 0.3) is 5.89 Å². The number of carbonyl (C=O) groups is 2. The number of amides is 1. The van der Waals surface area contributed by atoms with Crippen LogP contribution < -0.4 is 10.1 Å². The maximum absolute atomic E-state index is 12.5. The highest BCUT2D eigenvalue weighted by atomic mass is 16.6. The molecular weight excluding hydrogens is 410 g/mol. The third-order valence-electron chi connectivity index (χ3n) is 7.28. The van der Waals surface area contributed by atoms with Crippen LogP contribution in [-0.4, -0.2) is 35.7 Å². The maximum Gasteiger partial charge on any atom is 0.325 e. The lowest BCUT2D eigenvalue weighted by molar-refractivity contribution is -0.146. The Bertz CT molecular complexity index is 966. The van der Waals surface area contributed by atoms with Gasteiger partial charge in [0.15, 0.2) is 6.61 Å². The van der Waals surface area contributed by atoms with Gasteiger partial charge in [-0.1, -0.05) is 17.3 Å². The number of hydrogen-bond acceptors (Lipinski definition) is 7. The molecule has 0 saturated heterocycles. The van der Waals surface area contributed by atoms with Crippen LogP contribution in [0.3, 0.4) is 0 Å². The van der Waals surface area contributed by atoms with E-state index in [2.05, 4.69) is 15.5 Å². The van der Waals surface area contributed by atoms with E-state index in [0.717, 1.165) is 23.3 Å². The number of methoxy groups -OCH3 is 1. The number of rotatable bonds is 8. The van der Waals surface area contributed by atoms with Crippen molar-refractivity contribution < 1.29 is 23.6 Å². The van der Waals surface area contributed by atoms with Crippen LogP contribution in [0, 0.1) is 23.2 Å². The molecule has 1 N–H and O–H groups in total. The Labute approximate surface area is 187 Å². The van der Waals surface area contributed by atoms with Crippen molar-refractivity contribution in [3.63, 3.8) is 0 Å². The summed E-state index contributed by atoms with van der Waals surface area (Å²) in [4.78, 5) is 28.9. The molecule has 0 spiro atoms. The van der Waals surface area contributed by atoms with Crippen molar-refractivity contribution in [3.8, 4) is 17.1 Å². The molecule has 1 amide bonds. The lowest BCUT2D eigenvalue weighted by Gasteiger charge is -2.56. The first kappa shape index (κ1) is 21.0. The van der Waals surface area contributed by atoms with Crippen LogP contribution in [0.4, 0.5) is 0 Å². The maximum atomic E-state index is 12.5. The van der Waals surface area contributed by atoms with E-state index in [0.29, 0.717) is 18.0 Å². The molecule has 4 bridgehead atoms. The summed E-state index contributed by atoms with van der Waals surface area (Å²) >= 11 is 0. The summed E-state index contributed by atoms with van der Waals surface area (Å²) in [6.07, 6.45) is 8.08. The smallest absolute Gasteiger partial charge is 0.325 e. The standard InChI is InChI=1S/C24H29N3O5/c1-30-19-4-2-3-18(8-19)23-26-21(32-27-23)14-31-22(29)13-25-20(28)12-24-9-15-5-16(10-24)7-17(6-15)11-24/h2-4,8,15-17H,5-7,9-14H2,1H3,(H,25,28). The van der Waals surface area contributed by atoms with Crippen LogP contribution in [0.25, 0.3) is 11.4 Å². The quantitative estimate of drug-likeness (QED) is 0.628. The molecule has 0 radical (unpaired) electrons. The second-order valence-corrected chi connectivity index (χ2v) is 9.78. The Morgan fingerprint density at radius 2 is 1.88 bits per heavy atom. The van der Waals surface area contributed by atoms with Gasteiger partial charge in [0, 0.05) is 12.0 Å². The number of ether oxygens (including phenoxy) is 2. The van der Waals surface area contributed by atoms with Crippen LogP contribution >= 0.6 is 0 Å². The summed E-state index contributed by atoms with van der Waals surface area (Å²) in [5.74, 6) is 3.09. The van der Waals surface area contributed by atoms with Gasteiger partial charge in [-0.3, -0.25) is 9.59 Å². The SMILES string of the molecule is COc1cccc(-c2noc(COC(=O)CNC(=O)CC34CC5CC(CC(C5)C3)C4)n2)c1. The van der Waals surface area contributed by atoms with E-state index in [-0.39, 0.29) is 30.4 Å². The van der Waals surface area contributed by atoms with E-state index in [9.17, 15) is 9.59 Å². The third-order valence-corrected chi connectivity index (χ3v) is 7.28. The van der Waals surface area contributed by atoms with Crippen LogP contribution in [0.15, 0.2) is 28.8 Å². The fourth-order valence-corrected chi connectivity index (χ4v) is 6.47. The van der Waals surface area contributed by atoms with E-state index < -0.39 is 5.97 Å². The van der Waals surface area contributed by atoms with Gasteiger partial charge < -0.3 is 19.3 Å². The predicted molar refractivity (Wildman–Crippen MR) is 114 cm³/mol. The minimum atomic E-state index is -0.523. The molecule has 0 aliphatic heterocycles. The van der Waals surface area contributed by atoms with E-state index in [1.807, 2.05) is 18.2 Å². The molecule has 4 aliphatic carbocycles. The molecule has 8 heteroatoms. The summed E-state index contributed by atoms with van der Waals surface area (Å²) < 4.78 is 15.5. The van der Waals surface area contributed by atoms with Gasteiger partial charge in [-0.15, -0.1) is 0 Å². The van der Waals surface area contributed by atoms with Gasteiger partial charge >= 0.3 is 5.97 Å². The molecule has 0 unspecified atom stereocenters. The van der Waals surface area contributed by atoms with Gasteiger partial charge in [-0.25, -0.2) is 0 Å². The Morgan fingerprint density at radius 1 is 1.16 bits per heavy atom. The first-order valence-electron chi connectivity index (χ1n) is 11.4. The zero-order valence-electron chi connectivity index (χ0n) is 18.3. The summed E-state index contributed by atoms with van der Waals surface area (Å²) in [6, 6.07) is 7.28. The highest BCUT2D eigenvalue weighted by Gasteiger charge is 2.51. The highest BCUT2D eigenvalue weighted by Crippen LogP contribution is 2.61. The van der Waals surface area contributed by atoms with Gasteiger partial charge in [-0.2, -0.15) is 4.98 Å². The number of carbonyl (C=O) groups excluding carboxylic acids is 2. The van der Waals surface area contributed by atoms with Crippen molar-refractivity contribution in [1.82, 2.24) is 15.5 Å². The van der Waals surface area contributed by atoms with Crippen molar-refractivity contribution in [2.24, 2.45) is 23.2 Å². The molecule has 1 aromatic carbocycles. The van der Waals surface area contributed by atoms with Crippen molar-refractivity contribution in [2.75, 3.05) is 13.7 Å². The third kappa shape index (κ3) is 4.49. The van der Waals surface area contributed by atoms with Gasteiger partial charge in [0.2, 0.25) is 11.7 Å². The van der Waals surface area contributed by atoms with Crippen molar-refractivity contribution in [3.05, 3.63) is 30.2 Å². The summed E-state index contributed by atoms with van der Waals surface area (Å²) in [5.41, 5.74) is 0.894. The Hall–Kier alpha value is -2.90. The molecule has 6 rings (SSSR count). The average Bonchev–Trinajstić information content (AvgIpc) is 3.24. The monoisotopic (exact) mass is 439 g/mol. The van der Waals surface area contributed by atoms with Gasteiger partial charge in [0.05, 0.1) is 7.11 Å². The number of esters is 1. The number of nitrogens with one attached hydrogen (secondary N) is 1. The fraction of sp³-hybridized carbons (Fsp3) is 0.583. The zero-order valence-corrected chi connectivity index (χ0v) is 18.3. The molecule has 170 valence electrons. The molecular formula is C24H29N3O5. The molecule has 1 aromatic heterocycles. The summed E-state index contributed by atoms with van der Waals surface area (Å²) in [7, 11) is 1.59. The second-order valence-electron chi connectivity index (χ2n) is 9.78. The number of aromatic nitrogens is 2. The number of nitrogens with zero attached hydrogens (tertiary/aromatic N) is 2. The Morgan fingerprint density at radius 3 is 2.56 bits per heavy atom. The van der Waals surface area contributed by atoms with Crippen molar-refractivity contribution in [1.29, 1.82) is 0 Å². The minimum absolute atomic E-state index is 0.0537. The van der Waals surface area contributed by atoms with Gasteiger partial charge in [-0.05, 0) is 73.8 Å². The molecule has 8 nitrogen and oxygen atoms in total. The topological polar surface area (TPSA) is 104 Å². The molecule has 0 atom stereocenters. The van der Waals surface area contributed by atoms with Crippen LogP contribution in [0.5, 0.6) is 5.75 Å². The predicted octanol–water partition coefficient (Wildman–Crippen LogP) is 3.51. The molecule has 1 heterocycles. The van der Waals surface area contributed by atoms with Crippen LogP contribution in [0.1, 0.15) is 50.8 Å². The van der Waals surface area contributed by atoms with Crippen molar-refractivity contribution >= 4 is 11.9 Å². The first-order valence-corrected chi connectivity index (χ1v) is 11.4. The lowest BCUT2D eigenvalue weighted by atomic mass is 9.49. The number of hydrogen-bond donors (Lipinski definition) is 1. The molecule has 4 aliphatic rings. The number of benzene rings is 1. The fourth-order valence-electron chi connectivity index (χ4n) is 6.47. The highest BCUT2D eigenvalue weighted by molar-refractivity contribution is 5.82. The van der Waals surface area contributed by atoms with Gasteiger partial charge in [0.1, 0.15) is 12.3 Å². The average molecular weight is 440 g/mol. The van der Waals surface area contributed by atoms with E-state index in [4.69, 9.17) is 14.0 Å². The van der Waals surface area contributed by atoms with Crippen molar-refractivity contribution in [2.45, 2.75) is 51.6 Å². The van der Waals surface area contributed by atoms with E-state index in [1.165, 1.54) is 38.5 Å². The van der Waals surface area contributed by atoms with Crippen LogP contribution in [-0.2, 0) is 20.9 Å².